The van der Waals surface area contributed by atoms with E-state index < -0.39 is 17.8 Å². The summed E-state index contributed by atoms with van der Waals surface area (Å²) in [6.45, 7) is 5.61. The van der Waals surface area contributed by atoms with Crippen molar-refractivity contribution >= 4 is 35.0 Å². The molecule has 0 unspecified atom stereocenters. The van der Waals surface area contributed by atoms with Crippen LogP contribution in [0.2, 0.25) is 5.28 Å². The van der Waals surface area contributed by atoms with E-state index >= 15 is 0 Å². The van der Waals surface area contributed by atoms with Gasteiger partial charge in [-0.2, -0.15) is 9.37 Å². The minimum atomic E-state index is -0.806. The summed E-state index contributed by atoms with van der Waals surface area (Å²) in [5.41, 5.74) is 2.82. The second kappa shape index (κ2) is 11.6. The summed E-state index contributed by atoms with van der Waals surface area (Å²) in [7, 11) is 1.44. The van der Waals surface area contributed by atoms with Crippen LogP contribution in [0.4, 0.5) is 4.39 Å². The minimum Gasteiger partial charge on any atom is -0.493 e. The summed E-state index contributed by atoms with van der Waals surface area (Å²) in [6, 6.07) is 11.8. The van der Waals surface area contributed by atoms with Crippen LogP contribution in [-0.4, -0.2) is 34.2 Å². The molecule has 0 saturated heterocycles. The molecule has 9 nitrogen and oxygen atoms in total. The Hall–Kier alpha value is -4.35. The maximum atomic E-state index is 14.2. The molecule has 210 valence electrons. The number of esters is 1. The highest BCUT2D eigenvalue weighted by Gasteiger charge is 2.33. The molecular formula is C29H24ClFN4O5S. The van der Waals surface area contributed by atoms with Crippen LogP contribution >= 0.6 is 22.9 Å². The van der Waals surface area contributed by atoms with Gasteiger partial charge in [0.25, 0.3) is 11.4 Å². The summed E-state index contributed by atoms with van der Waals surface area (Å²) in [5.74, 6) is -1.24. The summed E-state index contributed by atoms with van der Waals surface area (Å²) in [6.07, 6.45) is 2.56. The number of hydrogen-bond acceptors (Lipinski definition) is 9. The Morgan fingerprint density at radius 3 is 2.63 bits per heavy atom. The van der Waals surface area contributed by atoms with Crippen LogP contribution in [0.1, 0.15) is 36.6 Å². The average Bonchev–Trinajstić information content (AvgIpc) is 3.24. The molecule has 4 aromatic rings. The predicted molar refractivity (Wildman–Crippen MR) is 152 cm³/mol. The standard InChI is InChI=1S/C29H24ClFN4O5S/c1-5-39-27(37)23-16(3)33-29-35(24(23)18-9-6-15(2)7-10-18)26(36)22(41-29)13-17-8-11-20(38-4)21(12-17)40-25-19(31)14-32-28(30)34-25/h6-14,24H,5H2,1-4H3/b22-13-/t24-/m1/s1. The first-order chi connectivity index (χ1) is 19.7. The molecule has 0 N–H and O–H groups in total. The first kappa shape index (κ1) is 28.2. The zero-order valence-corrected chi connectivity index (χ0v) is 24.0. The molecule has 0 amide bonds. The lowest BCUT2D eigenvalue weighted by Gasteiger charge is -2.24. The van der Waals surface area contributed by atoms with Gasteiger partial charge < -0.3 is 14.2 Å². The van der Waals surface area contributed by atoms with Gasteiger partial charge in [-0.15, -0.1) is 0 Å². The lowest BCUT2D eigenvalue weighted by molar-refractivity contribution is -0.139. The third kappa shape index (κ3) is 5.63. The van der Waals surface area contributed by atoms with Crippen molar-refractivity contribution in [2.45, 2.75) is 26.8 Å². The van der Waals surface area contributed by atoms with E-state index in [1.807, 2.05) is 31.2 Å². The van der Waals surface area contributed by atoms with Crippen molar-refractivity contribution in [2.75, 3.05) is 13.7 Å². The number of halogens is 2. The smallest absolute Gasteiger partial charge is 0.338 e. The number of carbonyl (C=O) groups is 1. The molecule has 0 aliphatic carbocycles. The molecule has 1 aliphatic rings. The number of rotatable bonds is 7. The first-order valence-electron chi connectivity index (χ1n) is 12.5. The topological polar surface area (TPSA) is 105 Å². The molecule has 0 fully saturated rings. The van der Waals surface area contributed by atoms with Crippen molar-refractivity contribution in [1.29, 1.82) is 0 Å². The van der Waals surface area contributed by atoms with E-state index in [-0.39, 0.29) is 29.1 Å². The largest absolute Gasteiger partial charge is 0.493 e. The Balaban J connectivity index is 1.63. The van der Waals surface area contributed by atoms with Crippen molar-refractivity contribution < 1.29 is 23.4 Å². The van der Waals surface area contributed by atoms with Gasteiger partial charge in [-0.3, -0.25) is 9.36 Å². The zero-order chi connectivity index (χ0) is 29.3. The van der Waals surface area contributed by atoms with E-state index in [1.54, 1.807) is 38.1 Å². The zero-order valence-electron chi connectivity index (χ0n) is 22.5. The van der Waals surface area contributed by atoms with Gasteiger partial charge in [0.15, 0.2) is 16.3 Å². The number of carbonyl (C=O) groups excluding carboxylic acids is 1. The second-order valence-corrected chi connectivity index (χ2v) is 10.4. The number of hydrogen-bond donors (Lipinski definition) is 0. The van der Waals surface area contributed by atoms with Gasteiger partial charge in [0, 0.05) is 0 Å². The normalized spacial score (nSPS) is 14.9. The number of nitrogens with zero attached hydrogens (tertiary/aromatic N) is 4. The van der Waals surface area contributed by atoms with Crippen molar-refractivity contribution in [3.8, 4) is 17.4 Å². The fourth-order valence-electron chi connectivity index (χ4n) is 4.38. The number of ether oxygens (including phenoxy) is 3. The van der Waals surface area contributed by atoms with E-state index in [9.17, 15) is 14.0 Å². The molecule has 41 heavy (non-hydrogen) atoms. The highest BCUT2D eigenvalue weighted by atomic mass is 35.5. The molecule has 1 atom stereocenters. The van der Waals surface area contributed by atoms with Crippen LogP contribution in [0.3, 0.4) is 0 Å². The number of thiazole rings is 1. The summed E-state index contributed by atoms with van der Waals surface area (Å²) < 4.78 is 32.5. The fraction of sp³-hybridized carbons (Fsp3) is 0.207. The summed E-state index contributed by atoms with van der Waals surface area (Å²) in [4.78, 5) is 39.3. The molecule has 12 heteroatoms. The van der Waals surface area contributed by atoms with E-state index in [0.717, 1.165) is 17.3 Å². The van der Waals surface area contributed by atoms with Gasteiger partial charge in [0.05, 0.1) is 41.8 Å². The van der Waals surface area contributed by atoms with E-state index in [4.69, 9.17) is 25.8 Å². The van der Waals surface area contributed by atoms with Crippen LogP contribution in [0.5, 0.6) is 17.4 Å². The number of aryl methyl sites for hydroxylation is 1. The van der Waals surface area contributed by atoms with Crippen molar-refractivity contribution in [1.82, 2.24) is 14.5 Å². The molecule has 0 saturated carbocycles. The number of aromatic nitrogens is 3. The van der Waals surface area contributed by atoms with Crippen molar-refractivity contribution in [2.24, 2.45) is 4.99 Å². The van der Waals surface area contributed by atoms with E-state index in [0.29, 0.717) is 31.9 Å². The second-order valence-electron chi connectivity index (χ2n) is 9.02. The van der Waals surface area contributed by atoms with E-state index in [2.05, 4.69) is 15.0 Å². The highest BCUT2D eigenvalue weighted by molar-refractivity contribution is 7.07. The van der Waals surface area contributed by atoms with E-state index in [1.165, 1.54) is 23.0 Å². The number of allylic oxidation sites excluding steroid dienone is 1. The summed E-state index contributed by atoms with van der Waals surface area (Å²) >= 11 is 6.99. The van der Waals surface area contributed by atoms with Crippen LogP contribution in [0.25, 0.3) is 6.08 Å². The average molecular weight is 595 g/mol. The third-order valence-electron chi connectivity index (χ3n) is 6.28. The van der Waals surface area contributed by atoms with Gasteiger partial charge >= 0.3 is 5.97 Å². The Kier molecular flexibility index (Phi) is 8.00. The molecular weight excluding hydrogens is 571 g/mol. The number of methoxy groups -OCH3 is 1. The number of benzene rings is 2. The molecule has 0 radical (unpaired) electrons. The maximum absolute atomic E-state index is 14.2. The van der Waals surface area contributed by atoms with Gasteiger partial charge in [-0.25, -0.2) is 14.8 Å². The SMILES string of the molecule is CCOC(=O)C1=C(C)N=c2s/c(=C\c3ccc(OC)c(Oc4nc(Cl)ncc4F)c3)c(=O)n2[C@@H]1c1ccc(C)cc1. The molecule has 3 heterocycles. The molecule has 5 rings (SSSR count). The molecule has 0 spiro atoms. The Morgan fingerprint density at radius 2 is 1.93 bits per heavy atom. The minimum absolute atomic E-state index is 0.153. The van der Waals surface area contributed by atoms with Crippen LogP contribution in [0, 0.1) is 12.7 Å². The first-order valence-corrected chi connectivity index (χ1v) is 13.7. The highest BCUT2D eigenvalue weighted by Crippen LogP contribution is 2.34. The molecule has 2 aromatic carbocycles. The predicted octanol–water partition coefficient (Wildman–Crippen LogP) is 4.49. The lowest BCUT2D eigenvalue weighted by Crippen LogP contribution is -2.39. The Labute approximate surface area is 242 Å². The maximum Gasteiger partial charge on any atom is 0.338 e. The number of fused-ring (bicyclic) bond motifs is 1. The van der Waals surface area contributed by atoms with Crippen molar-refractivity contribution in [3.63, 3.8) is 0 Å². The van der Waals surface area contributed by atoms with Crippen LogP contribution < -0.4 is 24.4 Å². The van der Waals surface area contributed by atoms with Gasteiger partial charge in [-0.1, -0.05) is 47.2 Å². The molecule has 1 aliphatic heterocycles. The van der Waals surface area contributed by atoms with Gasteiger partial charge in [-0.05, 0) is 61.7 Å². The summed E-state index contributed by atoms with van der Waals surface area (Å²) in [5, 5.41) is -0.182. The Morgan fingerprint density at radius 1 is 1.17 bits per heavy atom. The van der Waals surface area contributed by atoms with Gasteiger partial charge in [0.2, 0.25) is 11.1 Å². The fourth-order valence-corrected chi connectivity index (χ4v) is 5.55. The van der Waals surface area contributed by atoms with Crippen LogP contribution in [-0.2, 0) is 9.53 Å². The monoisotopic (exact) mass is 594 g/mol. The third-order valence-corrected chi connectivity index (χ3v) is 7.45. The lowest BCUT2D eigenvalue weighted by atomic mass is 9.95. The van der Waals surface area contributed by atoms with Crippen LogP contribution in [0.15, 0.2) is 69.7 Å². The van der Waals surface area contributed by atoms with Gasteiger partial charge in [0.1, 0.15) is 0 Å². The molecule has 2 aromatic heterocycles. The molecule has 0 bridgehead atoms. The Bertz CT molecular complexity index is 1870. The quantitative estimate of drug-likeness (QED) is 0.229. The van der Waals surface area contributed by atoms with Crippen molar-refractivity contribution in [3.05, 3.63) is 107 Å².